The van der Waals surface area contributed by atoms with Crippen molar-refractivity contribution in [2.75, 3.05) is 13.2 Å². The van der Waals surface area contributed by atoms with Crippen molar-refractivity contribution in [3.63, 3.8) is 0 Å². The third-order valence-corrected chi connectivity index (χ3v) is 7.00. The van der Waals surface area contributed by atoms with Crippen molar-refractivity contribution >= 4 is 11.9 Å². The molecule has 1 aliphatic heterocycles. The Bertz CT molecular complexity index is 1640. The molecule has 1 heterocycles. The van der Waals surface area contributed by atoms with Crippen molar-refractivity contribution in [3.8, 4) is 34.1 Å². The molecule has 1 atom stereocenters. The highest BCUT2D eigenvalue weighted by Crippen LogP contribution is 2.40. The quantitative estimate of drug-likeness (QED) is 0.0739. The van der Waals surface area contributed by atoms with Gasteiger partial charge in [0.2, 0.25) is 0 Å². The Hall–Kier alpha value is -4.83. The Morgan fingerprint density at radius 1 is 0.721 bits per heavy atom. The monoisotopic (exact) mass is 590 g/mol. The summed E-state index contributed by atoms with van der Waals surface area (Å²) in [6.45, 7) is 1.42. The number of hydrogen-bond donors (Lipinski definition) is 0. The highest BCUT2D eigenvalue weighted by Gasteiger charge is 2.31. The fourth-order valence-corrected chi connectivity index (χ4v) is 4.84. The van der Waals surface area contributed by atoms with Crippen LogP contribution in [0.4, 0.5) is 13.2 Å². The number of ether oxygens (including phenoxy) is 5. The molecule has 2 aliphatic rings. The number of fused-ring (bicyclic) bond motifs is 3. The normalized spacial score (nSPS) is 14.8. The van der Waals surface area contributed by atoms with Gasteiger partial charge in [0.1, 0.15) is 23.0 Å². The van der Waals surface area contributed by atoms with Gasteiger partial charge < -0.3 is 23.7 Å². The Morgan fingerprint density at radius 3 is 1.70 bits per heavy atom. The van der Waals surface area contributed by atoms with Crippen LogP contribution in [0.25, 0.3) is 11.1 Å². The molecule has 7 nitrogen and oxygen atoms in total. The molecule has 4 aromatic carbocycles. The van der Waals surface area contributed by atoms with E-state index in [2.05, 4.69) is 4.74 Å². The highest BCUT2D eigenvalue weighted by molar-refractivity contribution is 5.92. The van der Waals surface area contributed by atoms with Crippen LogP contribution >= 0.6 is 0 Å². The van der Waals surface area contributed by atoms with E-state index < -0.39 is 24.1 Å². The van der Waals surface area contributed by atoms with Gasteiger partial charge in [0, 0.05) is 0 Å². The molecule has 1 unspecified atom stereocenters. The van der Waals surface area contributed by atoms with Gasteiger partial charge in [0.15, 0.2) is 0 Å². The largest absolute Gasteiger partial charge is 0.573 e. The first-order valence-corrected chi connectivity index (χ1v) is 13.6. The number of alkyl halides is 3. The van der Waals surface area contributed by atoms with E-state index in [0.29, 0.717) is 41.9 Å². The number of halogens is 3. The molecule has 1 fully saturated rings. The molecule has 43 heavy (non-hydrogen) atoms. The molecule has 0 spiro atoms. The van der Waals surface area contributed by atoms with Crippen molar-refractivity contribution in [2.24, 2.45) is 0 Å². The summed E-state index contributed by atoms with van der Waals surface area (Å²) in [5.74, 6) is -0.251. The summed E-state index contributed by atoms with van der Waals surface area (Å²) in [6.07, 6.45) is -2.02. The lowest BCUT2D eigenvalue weighted by Gasteiger charge is -2.10. The van der Waals surface area contributed by atoms with Crippen molar-refractivity contribution in [2.45, 2.75) is 31.7 Å². The summed E-state index contributed by atoms with van der Waals surface area (Å²) >= 11 is 0. The molecule has 4 aromatic rings. The van der Waals surface area contributed by atoms with Crippen molar-refractivity contribution in [1.82, 2.24) is 0 Å². The van der Waals surface area contributed by atoms with Gasteiger partial charge >= 0.3 is 18.3 Å². The average Bonchev–Trinajstić information content (AvgIpc) is 3.74. The third kappa shape index (κ3) is 7.15. The van der Waals surface area contributed by atoms with E-state index in [1.54, 1.807) is 42.5 Å². The molecule has 0 amide bonds. The molecule has 0 saturated carbocycles. The summed E-state index contributed by atoms with van der Waals surface area (Å²) in [5, 5.41) is 0. The zero-order valence-electron chi connectivity index (χ0n) is 22.7. The van der Waals surface area contributed by atoms with Crippen LogP contribution in [0.15, 0.2) is 84.9 Å². The molecule has 0 radical (unpaired) electrons. The maximum Gasteiger partial charge on any atom is 0.573 e. The average molecular weight is 591 g/mol. The number of rotatable bonds is 10. The van der Waals surface area contributed by atoms with Crippen molar-refractivity contribution < 1.29 is 46.4 Å². The number of carbonyl (C=O) groups excluding carboxylic acids is 2. The van der Waals surface area contributed by atoms with E-state index in [9.17, 15) is 22.8 Å². The number of carbonyl (C=O) groups is 2. The molecular weight excluding hydrogens is 565 g/mol. The number of benzene rings is 4. The number of epoxide rings is 1. The zero-order chi connectivity index (χ0) is 30.0. The minimum Gasteiger partial charge on any atom is -0.494 e. The molecule has 1 saturated heterocycles. The van der Waals surface area contributed by atoms with Crippen LogP contribution in [0, 0.1) is 0 Å². The molecule has 6 rings (SSSR count). The third-order valence-electron chi connectivity index (χ3n) is 7.00. The van der Waals surface area contributed by atoms with Gasteiger partial charge in [-0.05, 0) is 114 Å². The summed E-state index contributed by atoms with van der Waals surface area (Å²) in [4.78, 5) is 25.3. The van der Waals surface area contributed by atoms with Crippen LogP contribution in [0.1, 0.15) is 44.7 Å². The molecule has 0 aromatic heterocycles. The second kappa shape index (κ2) is 11.8. The maximum atomic E-state index is 12.7. The van der Waals surface area contributed by atoms with Gasteiger partial charge in [0.25, 0.3) is 0 Å². The fraction of sp³-hybridized carbons (Fsp3) is 0.212. The Balaban J connectivity index is 1.05. The predicted octanol–water partition coefficient (Wildman–Crippen LogP) is 7.15. The minimum absolute atomic E-state index is 0.0753. The van der Waals surface area contributed by atoms with Crippen LogP contribution in [0.3, 0.4) is 0 Å². The standard InChI is InChI=1S/C33H25F3O7/c34-33(35,36)43-25-9-5-21(6-10-25)32(38)42-27-12-14-30-23(18-27)16-22-17-26(11-13-29(22)30)41-31(37)20-3-7-24(8-4-20)39-15-1-2-28-19-40-28/h3-14,17-18,28H,1-2,15-16,19H2. The maximum absolute atomic E-state index is 12.7. The molecule has 0 N–H and O–H groups in total. The van der Waals surface area contributed by atoms with Crippen molar-refractivity contribution in [3.05, 3.63) is 107 Å². The van der Waals surface area contributed by atoms with Gasteiger partial charge in [0.05, 0.1) is 30.4 Å². The van der Waals surface area contributed by atoms with Crippen molar-refractivity contribution in [1.29, 1.82) is 0 Å². The molecular formula is C33H25F3O7. The predicted molar refractivity (Wildman–Crippen MR) is 149 cm³/mol. The Kier molecular flexibility index (Phi) is 7.77. The summed E-state index contributed by atoms with van der Waals surface area (Å²) < 4.78 is 62.9. The zero-order valence-corrected chi connectivity index (χ0v) is 22.7. The van der Waals surface area contributed by atoms with Crippen LogP contribution < -0.4 is 18.9 Å². The van der Waals surface area contributed by atoms with Crippen LogP contribution in [-0.4, -0.2) is 37.6 Å². The lowest BCUT2D eigenvalue weighted by Crippen LogP contribution is -2.17. The van der Waals surface area contributed by atoms with Gasteiger partial charge in [-0.1, -0.05) is 12.1 Å². The van der Waals surface area contributed by atoms with E-state index in [1.165, 1.54) is 12.1 Å². The van der Waals surface area contributed by atoms with Crippen LogP contribution in [0.5, 0.6) is 23.0 Å². The Labute approximate surface area is 244 Å². The molecule has 10 heteroatoms. The smallest absolute Gasteiger partial charge is 0.494 e. The van der Waals surface area contributed by atoms with E-state index in [1.807, 2.05) is 18.2 Å². The Morgan fingerprint density at radius 2 is 1.21 bits per heavy atom. The van der Waals surface area contributed by atoms with Gasteiger partial charge in [-0.3, -0.25) is 0 Å². The van der Waals surface area contributed by atoms with Crippen LogP contribution in [-0.2, 0) is 11.2 Å². The molecule has 220 valence electrons. The first kappa shape index (κ1) is 28.3. The van der Waals surface area contributed by atoms with Gasteiger partial charge in [-0.25, -0.2) is 9.59 Å². The second-order valence-electron chi connectivity index (χ2n) is 10.1. The summed E-state index contributed by atoms with van der Waals surface area (Å²) in [7, 11) is 0. The summed E-state index contributed by atoms with van der Waals surface area (Å²) in [5.41, 5.74) is 4.27. The lowest BCUT2D eigenvalue weighted by molar-refractivity contribution is -0.274. The van der Waals surface area contributed by atoms with E-state index >= 15 is 0 Å². The highest BCUT2D eigenvalue weighted by atomic mass is 19.4. The topological polar surface area (TPSA) is 83.6 Å². The first-order chi connectivity index (χ1) is 20.7. The SMILES string of the molecule is O=C(Oc1ccc2c(c1)Cc1cc(OC(=O)c3ccc(OC(F)(F)F)cc3)ccc1-2)c1ccc(OCCCC2CO2)cc1. The second-order valence-corrected chi connectivity index (χ2v) is 10.1. The van der Waals surface area contributed by atoms with E-state index in [0.717, 1.165) is 53.8 Å². The minimum atomic E-state index is -4.82. The molecule has 1 aliphatic carbocycles. The van der Waals surface area contributed by atoms with Gasteiger partial charge in [-0.15, -0.1) is 13.2 Å². The number of hydrogen-bond acceptors (Lipinski definition) is 7. The van der Waals surface area contributed by atoms with Crippen LogP contribution in [0.2, 0.25) is 0 Å². The lowest BCUT2D eigenvalue weighted by atomic mass is 10.1. The first-order valence-electron chi connectivity index (χ1n) is 13.6. The molecule has 0 bridgehead atoms. The summed E-state index contributed by atoms with van der Waals surface area (Å²) in [6, 6.07) is 21.9. The van der Waals surface area contributed by atoms with E-state index in [-0.39, 0.29) is 5.56 Å². The van der Waals surface area contributed by atoms with E-state index in [4.69, 9.17) is 18.9 Å². The fourth-order valence-electron chi connectivity index (χ4n) is 4.84. The number of esters is 2. The van der Waals surface area contributed by atoms with Gasteiger partial charge in [-0.2, -0.15) is 0 Å².